The molecule has 0 unspecified atom stereocenters. The van der Waals surface area contributed by atoms with Gasteiger partial charge in [-0.1, -0.05) is 6.07 Å². The number of nitrogens with zero attached hydrogens (tertiary/aromatic N) is 3. The van der Waals surface area contributed by atoms with E-state index in [1.807, 2.05) is 18.0 Å². The number of amides is 1. The summed E-state index contributed by atoms with van der Waals surface area (Å²) in [6, 6.07) is 6.39. The molecule has 3 heterocycles. The van der Waals surface area contributed by atoms with Crippen molar-refractivity contribution in [3.63, 3.8) is 0 Å². The number of aryl methyl sites for hydroxylation is 1. The molecular weight excluding hydrogens is 344 g/mol. The van der Waals surface area contributed by atoms with Crippen molar-refractivity contribution in [2.75, 3.05) is 25.1 Å². The maximum absolute atomic E-state index is 12.6. The topological polar surface area (TPSA) is 93.5 Å². The van der Waals surface area contributed by atoms with Gasteiger partial charge in [0.05, 0.1) is 11.4 Å². The van der Waals surface area contributed by atoms with Crippen LogP contribution in [0.2, 0.25) is 0 Å². The van der Waals surface area contributed by atoms with Gasteiger partial charge in [0.15, 0.2) is 5.69 Å². The highest BCUT2D eigenvalue weighted by molar-refractivity contribution is 7.90. The normalized spacial score (nSPS) is 16.1. The molecular formula is C16H18N4O4S. The summed E-state index contributed by atoms with van der Waals surface area (Å²) in [7, 11) is -2.04. The third-order valence-electron chi connectivity index (χ3n) is 4.47. The quantitative estimate of drug-likeness (QED) is 0.867. The summed E-state index contributed by atoms with van der Waals surface area (Å²) in [6.07, 6.45) is 1.96. The van der Waals surface area contributed by atoms with E-state index in [4.69, 9.17) is 4.74 Å². The molecule has 0 saturated heterocycles. The van der Waals surface area contributed by atoms with Crippen molar-refractivity contribution in [2.24, 2.45) is 0 Å². The van der Waals surface area contributed by atoms with Crippen molar-refractivity contribution in [1.82, 2.24) is 14.5 Å². The highest BCUT2D eigenvalue weighted by Crippen LogP contribution is 2.28. The summed E-state index contributed by atoms with van der Waals surface area (Å²) in [6.45, 7) is 1.93. The minimum Gasteiger partial charge on any atom is -0.476 e. The Hall–Kier alpha value is -2.55. The van der Waals surface area contributed by atoms with E-state index in [0.717, 1.165) is 30.6 Å². The van der Waals surface area contributed by atoms with E-state index in [1.54, 1.807) is 6.07 Å². The Morgan fingerprint density at radius 3 is 2.92 bits per heavy atom. The van der Waals surface area contributed by atoms with E-state index < -0.39 is 15.9 Å². The summed E-state index contributed by atoms with van der Waals surface area (Å²) in [4.78, 5) is 14.4. The predicted octanol–water partition coefficient (Wildman–Crippen LogP) is 0.777. The first-order chi connectivity index (χ1) is 11.9. The average Bonchev–Trinajstić information content (AvgIpc) is 3.16. The molecule has 0 aliphatic carbocycles. The zero-order chi connectivity index (χ0) is 17.6. The summed E-state index contributed by atoms with van der Waals surface area (Å²) in [5.74, 6) is -0.297. The van der Waals surface area contributed by atoms with Crippen LogP contribution in [0.3, 0.4) is 0 Å². The van der Waals surface area contributed by atoms with Crippen LogP contribution in [0, 0.1) is 0 Å². The number of aromatic nitrogens is 2. The number of hydrogen-bond acceptors (Lipinski definition) is 6. The zero-order valence-corrected chi connectivity index (χ0v) is 14.5. The van der Waals surface area contributed by atoms with E-state index in [2.05, 4.69) is 9.82 Å². The molecule has 2 aliphatic rings. The van der Waals surface area contributed by atoms with Gasteiger partial charge >= 0.3 is 0 Å². The lowest BCUT2D eigenvalue weighted by Crippen LogP contribution is -2.31. The first-order valence-corrected chi connectivity index (χ1v) is 9.54. The molecule has 1 amide bonds. The number of carbonyl (C=O) groups is 1. The van der Waals surface area contributed by atoms with Crippen LogP contribution in [0.5, 0.6) is 5.88 Å². The van der Waals surface area contributed by atoms with E-state index in [-0.39, 0.29) is 10.6 Å². The summed E-state index contributed by atoms with van der Waals surface area (Å²) < 4.78 is 34.0. The van der Waals surface area contributed by atoms with E-state index >= 15 is 0 Å². The molecule has 0 spiro atoms. The highest BCUT2D eigenvalue weighted by Gasteiger charge is 2.25. The number of fused-ring (bicyclic) bond motifs is 2. The van der Waals surface area contributed by atoms with Gasteiger partial charge in [0.2, 0.25) is 5.88 Å². The SMILES string of the molecule is CN1CCCc2ccc(S(=O)(=O)NC(=O)c3cc4n(n3)CCO4)cc21. The van der Waals surface area contributed by atoms with Gasteiger partial charge in [-0.25, -0.2) is 17.8 Å². The number of nitrogens with one attached hydrogen (secondary N) is 1. The van der Waals surface area contributed by atoms with Gasteiger partial charge in [-0.2, -0.15) is 5.10 Å². The summed E-state index contributed by atoms with van der Waals surface area (Å²) in [5, 5.41) is 4.06. The van der Waals surface area contributed by atoms with Crippen molar-refractivity contribution in [3.8, 4) is 5.88 Å². The van der Waals surface area contributed by atoms with Crippen LogP contribution in [0.4, 0.5) is 5.69 Å². The van der Waals surface area contributed by atoms with E-state index in [9.17, 15) is 13.2 Å². The molecule has 8 nitrogen and oxygen atoms in total. The highest BCUT2D eigenvalue weighted by atomic mass is 32.2. The van der Waals surface area contributed by atoms with Gasteiger partial charge in [-0.15, -0.1) is 0 Å². The third kappa shape index (κ3) is 2.84. The van der Waals surface area contributed by atoms with Gasteiger partial charge in [0, 0.05) is 25.3 Å². The van der Waals surface area contributed by atoms with Crippen LogP contribution in [0.15, 0.2) is 29.2 Å². The molecule has 4 rings (SSSR count). The molecule has 0 bridgehead atoms. The monoisotopic (exact) mass is 362 g/mol. The molecule has 2 aliphatic heterocycles. The molecule has 0 saturated carbocycles. The number of benzene rings is 1. The molecule has 1 N–H and O–H groups in total. The lowest BCUT2D eigenvalue weighted by atomic mass is 10.0. The molecule has 1 aromatic heterocycles. The number of anilines is 1. The van der Waals surface area contributed by atoms with Gasteiger partial charge < -0.3 is 9.64 Å². The minimum atomic E-state index is -3.97. The Kier molecular flexibility index (Phi) is 3.68. The van der Waals surface area contributed by atoms with Crippen LogP contribution >= 0.6 is 0 Å². The fraction of sp³-hybridized carbons (Fsp3) is 0.375. The summed E-state index contributed by atoms with van der Waals surface area (Å²) in [5.41, 5.74) is 2.02. The van der Waals surface area contributed by atoms with Crippen LogP contribution in [0.25, 0.3) is 0 Å². The standard InChI is InChI=1S/C16H18N4O4S/c1-19-6-2-3-11-4-5-12(9-14(11)19)25(22,23)18-16(21)13-10-15-20(17-13)7-8-24-15/h4-5,9-10H,2-3,6-8H2,1H3,(H,18,21). The predicted molar refractivity (Wildman–Crippen MR) is 90.4 cm³/mol. The number of hydrogen-bond donors (Lipinski definition) is 1. The van der Waals surface area contributed by atoms with Gasteiger partial charge in [0.25, 0.3) is 15.9 Å². The van der Waals surface area contributed by atoms with E-state index in [0.29, 0.717) is 19.0 Å². The number of ether oxygens (including phenoxy) is 1. The first-order valence-electron chi connectivity index (χ1n) is 8.06. The van der Waals surface area contributed by atoms with Crippen LogP contribution < -0.4 is 14.4 Å². The van der Waals surface area contributed by atoms with Crippen molar-refractivity contribution in [2.45, 2.75) is 24.3 Å². The van der Waals surface area contributed by atoms with Crippen LogP contribution in [-0.4, -0.2) is 44.3 Å². The Bertz CT molecular complexity index is 930. The molecule has 2 aromatic rings. The summed E-state index contributed by atoms with van der Waals surface area (Å²) >= 11 is 0. The second-order valence-corrected chi connectivity index (χ2v) is 7.87. The third-order valence-corrected chi connectivity index (χ3v) is 5.80. The molecule has 132 valence electrons. The molecule has 1 aromatic carbocycles. The molecule has 9 heteroatoms. The molecule has 0 radical (unpaired) electrons. The lowest BCUT2D eigenvalue weighted by molar-refractivity contribution is 0.0975. The Morgan fingerprint density at radius 1 is 1.28 bits per heavy atom. The number of carbonyl (C=O) groups excluding carboxylic acids is 1. The Morgan fingerprint density at radius 2 is 2.12 bits per heavy atom. The second-order valence-electron chi connectivity index (χ2n) is 6.19. The lowest BCUT2D eigenvalue weighted by Gasteiger charge is -2.27. The maximum Gasteiger partial charge on any atom is 0.285 e. The van der Waals surface area contributed by atoms with Crippen LogP contribution in [0.1, 0.15) is 22.5 Å². The van der Waals surface area contributed by atoms with E-state index in [1.165, 1.54) is 16.8 Å². The minimum absolute atomic E-state index is 0.0216. The first kappa shape index (κ1) is 15.9. The molecule has 0 atom stereocenters. The van der Waals surface area contributed by atoms with Crippen molar-refractivity contribution < 1.29 is 17.9 Å². The molecule has 0 fully saturated rings. The second kappa shape index (κ2) is 5.76. The Labute approximate surface area is 145 Å². The van der Waals surface area contributed by atoms with Gasteiger partial charge in [-0.05, 0) is 30.5 Å². The number of rotatable bonds is 3. The average molecular weight is 362 g/mol. The maximum atomic E-state index is 12.6. The van der Waals surface area contributed by atoms with Crippen LogP contribution in [-0.2, 0) is 23.0 Å². The van der Waals surface area contributed by atoms with Crippen molar-refractivity contribution in [1.29, 1.82) is 0 Å². The fourth-order valence-corrected chi connectivity index (χ4v) is 4.14. The fourth-order valence-electron chi connectivity index (χ4n) is 3.16. The van der Waals surface area contributed by atoms with Gasteiger partial charge in [0.1, 0.15) is 6.61 Å². The number of sulfonamides is 1. The van der Waals surface area contributed by atoms with Crippen molar-refractivity contribution >= 4 is 21.6 Å². The largest absolute Gasteiger partial charge is 0.476 e. The molecule has 25 heavy (non-hydrogen) atoms. The Balaban J connectivity index is 1.59. The van der Waals surface area contributed by atoms with Crippen molar-refractivity contribution in [3.05, 3.63) is 35.5 Å². The smallest absolute Gasteiger partial charge is 0.285 e. The van der Waals surface area contributed by atoms with Gasteiger partial charge in [-0.3, -0.25) is 4.79 Å². The zero-order valence-electron chi connectivity index (χ0n) is 13.7.